The lowest BCUT2D eigenvalue weighted by Gasteiger charge is -2.19. The van der Waals surface area contributed by atoms with Gasteiger partial charge in [0.05, 0.1) is 12.5 Å². The first-order chi connectivity index (χ1) is 9.63. The van der Waals surface area contributed by atoms with Crippen molar-refractivity contribution in [2.45, 2.75) is 77.7 Å². The molecule has 2 unspecified atom stereocenters. The molecule has 1 heterocycles. The van der Waals surface area contributed by atoms with E-state index in [1.165, 1.54) is 0 Å². The number of unbranched alkanes of at least 4 members (excludes halogenated alkanes) is 1. The van der Waals surface area contributed by atoms with E-state index in [2.05, 4.69) is 29.4 Å². The minimum absolute atomic E-state index is 0.0795. The van der Waals surface area contributed by atoms with Gasteiger partial charge in [0.1, 0.15) is 0 Å². The maximum absolute atomic E-state index is 11.0. The number of carbonyl (C=O) groups is 1. The summed E-state index contributed by atoms with van der Waals surface area (Å²) in [6, 6.07) is -0.141. The first kappa shape index (κ1) is 16.6. The number of nitrogens with zero attached hydrogens (tertiary/aromatic N) is 4. The lowest BCUT2D eigenvalue weighted by Crippen LogP contribution is -2.19. The molecule has 1 aromatic rings. The minimum Gasteiger partial charge on any atom is -0.481 e. The van der Waals surface area contributed by atoms with E-state index >= 15 is 0 Å². The van der Waals surface area contributed by atoms with Crippen molar-refractivity contribution in [3.8, 4) is 0 Å². The van der Waals surface area contributed by atoms with E-state index in [1.54, 1.807) is 4.68 Å². The molecule has 1 rings (SSSR count). The molecule has 0 aliphatic carbocycles. The maximum Gasteiger partial charge on any atom is 0.305 e. The van der Waals surface area contributed by atoms with Crippen molar-refractivity contribution in [1.29, 1.82) is 0 Å². The third kappa shape index (κ3) is 4.58. The van der Waals surface area contributed by atoms with E-state index in [0.29, 0.717) is 5.92 Å². The molecule has 0 fully saturated rings. The van der Waals surface area contributed by atoms with Gasteiger partial charge in [0, 0.05) is 5.92 Å². The number of hydrogen-bond acceptors (Lipinski definition) is 4. The van der Waals surface area contributed by atoms with Gasteiger partial charge in [-0.1, -0.05) is 40.0 Å². The van der Waals surface area contributed by atoms with Crippen LogP contribution in [-0.2, 0) is 4.79 Å². The summed E-state index contributed by atoms with van der Waals surface area (Å²) >= 11 is 0. The summed E-state index contributed by atoms with van der Waals surface area (Å²) in [5.41, 5.74) is 0. The lowest BCUT2D eigenvalue weighted by atomic mass is 9.97. The summed E-state index contributed by atoms with van der Waals surface area (Å²) in [6.07, 6.45) is 6.10. The molecule has 20 heavy (non-hydrogen) atoms. The predicted octanol–water partition coefficient (Wildman–Crippen LogP) is 3.17. The van der Waals surface area contributed by atoms with Crippen LogP contribution in [0.3, 0.4) is 0 Å². The average molecular weight is 282 g/mol. The molecule has 2 atom stereocenters. The Morgan fingerprint density at radius 2 is 2.00 bits per heavy atom. The van der Waals surface area contributed by atoms with Gasteiger partial charge in [0.2, 0.25) is 0 Å². The third-order valence-corrected chi connectivity index (χ3v) is 3.66. The van der Waals surface area contributed by atoms with Crippen LogP contribution in [0.1, 0.15) is 83.5 Å². The topological polar surface area (TPSA) is 80.9 Å². The van der Waals surface area contributed by atoms with Crippen LogP contribution < -0.4 is 0 Å². The van der Waals surface area contributed by atoms with Crippen molar-refractivity contribution in [2.75, 3.05) is 0 Å². The van der Waals surface area contributed by atoms with Gasteiger partial charge in [-0.3, -0.25) is 4.79 Å². The molecule has 0 bridgehead atoms. The van der Waals surface area contributed by atoms with E-state index < -0.39 is 5.97 Å². The zero-order valence-corrected chi connectivity index (χ0v) is 12.7. The lowest BCUT2D eigenvalue weighted by molar-refractivity contribution is -0.138. The van der Waals surface area contributed by atoms with Gasteiger partial charge in [-0.15, -0.1) is 5.10 Å². The number of rotatable bonds is 10. The second kappa shape index (κ2) is 8.66. The Kier molecular flexibility index (Phi) is 7.18. The number of hydrogen-bond donors (Lipinski definition) is 1. The van der Waals surface area contributed by atoms with Crippen LogP contribution >= 0.6 is 0 Å². The first-order valence-corrected chi connectivity index (χ1v) is 7.63. The van der Waals surface area contributed by atoms with Crippen LogP contribution in [-0.4, -0.2) is 31.3 Å². The number of aliphatic carboxylic acids is 1. The number of carboxylic acid groups (broad SMARTS) is 1. The maximum atomic E-state index is 11.0. The van der Waals surface area contributed by atoms with E-state index in [9.17, 15) is 4.79 Å². The summed E-state index contributed by atoms with van der Waals surface area (Å²) in [5, 5.41) is 21.1. The number of aromatic nitrogens is 4. The van der Waals surface area contributed by atoms with E-state index in [0.717, 1.165) is 44.3 Å². The van der Waals surface area contributed by atoms with E-state index in [4.69, 9.17) is 5.11 Å². The van der Waals surface area contributed by atoms with Crippen LogP contribution in [0.2, 0.25) is 0 Å². The largest absolute Gasteiger partial charge is 0.481 e. The minimum atomic E-state index is -0.800. The van der Waals surface area contributed by atoms with Gasteiger partial charge in [0.15, 0.2) is 5.82 Å². The Morgan fingerprint density at radius 3 is 2.55 bits per heavy atom. The van der Waals surface area contributed by atoms with Gasteiger partial charge in [-0.2, -0.15) is 0 Å². The summed E-state index contributed by atoms with van der Waals surface area (Å²) in [7, 11) is 0. The highest BCUT2D eigenvalue weighted by molar-refractivity contribution is 5.67. The van der Waals surface area contributed by atoms with Crippen LogP contribution in [0.5, 0.6) is 0 Å². The van der Waals surface area contributed by atoms with Crippen molar-refractivity contribution in [1.82, 2.24) is 20.2 Å². The Labute approximate surface area is 120 Å². The molecule has 0 aliphatic heterocycles. The summed E-state index contributed by atoms with van der Waals surface area (Å²) < 4.78 is 1.75. The number of tetrazole rings is 1. The molecule has 0 spiro atoms. The average Bonchev–Trinajstić information content (AvgIpc) is 2.88. The molecule has 0 aromatic carbocycles. The predicted molar refractivity (Wildman–Crippen MR) is 76.6 cm³/mol. The molecule has 1 aromatic heterocycles. The van der Waals surface area contributed by atoms with Crippen molar-refractivity contribution in [3.63, 3.8) is 0 Å². The molecule has 6 heteroatoms. The standard InChI is InChI=1S/C14H26N4O2/c1-4-7-9-11(6-3)14-15-16-17-18(14)12(8-5-2)10-13(19)20/h11-12H,4-10H2,1-3H3,(H,19,20). The second-order valence-electron chi connectivity index (χ2n) is 5.27. The van der Waals surface area contributed by atoms with Gasteiger partial charge in [0.25, 0.3) is 0 Å². The number of carboxylic acids is 1. The molecule has 0 radical (unpaired) electrons. The smallest absolute Gasteiger partial charge is 0.305 e. The van der Waals surface area contributed by atoms with E-state index in [-0.39, 0.29) is 12.5 Å². The Balaban J connectivity index is 2.92. The van der Waals surface area contributed by atoms with Crippen LogP contribution in [0.4, 0.5) is 0 Å². The molecule has 0 amide bonds. The molecule has 0 saturated heterocycles. The molecular formula is C14H26N4O2. The van der Waals surface area contributed by atoms with Crippen LogP contribution in [0.25, 0.3) is 0 Å². The fourth-order valence-corrected chi connectivity index (χ4v) is 2.54. The van der Waals surface area contributed by atoms with Crippen LogP contribution in [0.15, 0.2) is 0 Å². The quantitative estimate of drug-likeness (QED) is 0.712. The highest BCUT2D eigenvalue weighted by Gasteiger charge is 2.23. The van der Waals surface area contributed by atoms with Gasteiger partial charge in [-0.05, 0) is 29.7 Å². The van der Waals surface area contributed by atoms with Crippen molar-refractivity contribution in [2.24, 2.45) is 0 Å². The molecule has 1 N–H and O–H groups in total. The normalized spacial score (nSPS) is 14.2. The highest BCUT2D eigenvalue weighted by Crippen LogP contribution is 2.27. The molecule has 114 valence electrons. The van der Waals surface area contributed by atoms with Crippen molar-refractivity contribution < 1.29 is 9.90 Å². The molecule has 0 aliphatic rings. The SMILES string of the molecule is CCCCC(CC)c1nnnn1C(CCC)CC(=O)O. The fraction of sp³-hybridized carbons (Fsp3) is 0.857. The third-order valence-electron chi connectivity index (χ3n) is 3.66. The van der Waals surface area contributed by atoms with Crippen molar-refractivity contribution in [3.05, 3.63) is 5.82 Å². The van der Waals surface area contributed by atoms with Gasteiger partial charge >= 0.3 is 5.97 Å². The molecule has 6 nitrogen and oxygen atoms in total. The summed E-state index contributed by atoms with van der Waals surface area (Å²) in [5.74, 6) is 0.366. The Bertz CT molecular complexity index is 406. The Hall–Kier alpha value is -1.46. The highest BCUT2D eigenvalue weighted by atomic mass is 16.4. The molecular weight excluding hydrogens is 256 g/mol. The summed E-state index contributed by atoms with van der Waals surface area (Å²) in [6.45, 7) is 6.35. The molecule has 0 saturated carbocycles. The Morgan fingerprint density at radius 1 is 1.25 bits per heavy atom. The van der Waals surface area contributed by atoms with Crippen molar-refractivity contribution >= 4 is 5.97 Å². The monoisotopic (exact) mass is 282 g/mol. The second-order valence-corrected chi connectivity index (χ2v) is 5.27. The first-order valence-electron chi connectivity index (χ1n) is 7.63. The zero-order chi connectivity index (χ0) is 15.0. The summed E-state index contributed by atoms with van der Waals surface area (Å²) in [4.78, 5) is 11.0. The van der Waals surface area contributed by atoms with E-state index in [1.807, 2.05) is 6.92 Å². The van der Waals surface area contributed by atoms with Crippen LogP contribution in [0, 0.1) is 0 Å². The van der Waals surface area contributed by atoms with Gasteiger partial charge < -0.3 is 5.11 Å². The fourth-order valence-electron chi connectivity index (χ4n) is 2.54. The van der Waals surface area contributed by atoms with Gasteiger partial charge in [-0.25, -0.2) is 4.68 Å². The zero-order valence-electron chi connectivity index (χ0n) is 12.7.